The van der Waals surface area contributed by atoms with Crippen molar-refractivity contribution in [3.63, 3.8) is 0 Å². The SMILES string of the molecule is C#CC.C=C(C)C(NC(C=CCC)/C=C\COC)C(=O)OCC.CC. The van der Waals surface area contributed by atoms with Crippen molar-refractivity contribution in [1.29, 1.82) is 0 Å². The number of carbonyl (C=O) groups is 1. The maximum absolute atomic E-state index is 11.9. The number of carbonyl (C=O) groups excluding carboxylic acids is 1. The van der Waals surface area contributed by atoms with Crippen molar-refractivity contribution in [2.24, 2.45) is 0 Å². The lowest BCUT2D eigenvalue weighted by Gasteiger charge is -2.21. The maximum Gasteiger partial charge on any atom is 0.327 e. The van der Waals surface area contributed by atoms with E-state index in [2.05, 4.69) is 37.2 Å². The van der Waals surface area contributed by atoms with Crippen LogP contribution in [0.1, 0.15) is 48.0 Å². The number of hydrogen-bond donors (Lipinski definition) is 1. The van der Waals surface area contributed by atoms with Crippen LogP contribution in [-0.4, -0.2) is 38.4 Å². The van der Waals surface area contributed by atoms with Crippen LogP contribution in [0.4, 0.5) is 0 Å². The van der Waals surface area contributed by atoms with Gasteiger partial charge in [0.05, 0.1) is 13.2 Å². The Balaban J connectivity index is -0.000000866. The molecule has 0 bridgehead atoms. The summed E-state index contributed by atoms with van der Waals surface area (Å²) < 4.78 is 10.0. The lowest BCUT2D eigenvalue weighted by molar-refractivity contribution is -0.144. The van der Waals surface area contributed by atoms with Crippen LogP contribution < -0.4 is 5.32 Å². The fourth-order valence-corrected chi connectivity index (χ4v) is 1.59. The molecule has 0 saturated carbocycles. The molecule has 0 aliphatic rings. The van der Waals surface area contributed by atoms with Gasteiger partial charge in [-0.15, -0.1) is 12.3 Å². The summed E-state index contributed by atoms with van der Waals surface area (Å²) in [6, 6.07) is -0.565. The first-order chi connectivity index (χ1) is 12.0. The van der Waals surface area contributed by atoms with Gasteiger partial charge in [-0.05, 0) is 27.2 Å². The minimum Gasteiger partial charge on any atom is -0.465 e. The van der Waals surface area contributed by atoms with Crippen molar-refractivity contribution in [2.45, 2.75) is 60.0 Å². The summed E-state index contributed by atoms with van der Waals surface area (Å²) in [5.41, 5.74) is 0.735. The van der Waals surface area contributed by atoms with E-state index in [0.717, 1.165) is 12.0 Å². The van der Waals surface area contributed by atoms with Crippen molar-refractivity contribution in [3.05, 3.63) is 36.5 Å². The molecule has 1 N–H and O–H groups in total. The summed E-state index contributed by atoms with van der Waals surface area (Å²) in [6.07, 6.45) is 13.5. The first-order valence-electron chi connectivity index (χ1n) is 8.75. The molecule has 4 heteroatoms. The Kier molecular flexibility index (Phi) is 24.8. The fraction of sp³-hybridized carbons (Fsp3) is 0.571. The quantitative estimate of drug-likeness (QED) is 0.362. The number of hydrogen-bond acceptors (Lipinski definition) is 4. The van der Waals surface area contributed by atoms with Crippen LogP contribution in [0.25, 0.3) is 0 Å². The van der Waals surface area contributed by atoms with E-state index < -0.39 is 6.04 Å². The molecule has 0 aliphatic carbocycles. The van der Waals surface area contributed by atoms with Gasteiger partial charge in [0.2, 0.25) is 0 Å². The molecule has 0 fully saturated rings. The smallest absolute Gasteiger partial charge is 0.327 e. The Hall–Kier alpha value is -1.83. The van der Waals surface area contributed by atoms with Gasteiger partial charge in [-0.25, -0.2) is 4.79 Å². The molecule has 0 spiro atoms. The molecule has 4 nitrogen and oxygen atoms in total. The predicted molar refractivity (Wildman–Crippen MR) is 108 cm³/mol. The van der Waals surface area contributed by atoms with Crippen molar-refractivity contribution in [2.75, 3.05) is 20.3 Å². The van der Waals surface area contributed by atoms with Crippen LogP contribution in [0.15, 0.2) is 36.5 Å². The second-order valence-electron chi connectivity index (χ2n) is 4.73. The Labute approximate surface area is 155 Å². The molecule has 0 saturated heterocycles. The van der Waals surface area contributed by atoms with Gasteiger partial charge >= 0.3 is 5.97 Å². The lowest BCUT2D eigenvalue weighted by Crippen LogP contribution is -2.43. The Morgan fingerprint density at radius 2 is 1.80 bits per heavy atom. The molecule has 0 amide bonds. The summed E-state index contributed by atoms with van der Waals surface area (Å²) >= 11 is 0. The molecular weight excluding hydrogens is 314 g/mol. The molecule has 25 heavy (non-hydrogen) atoms. The number of terminal acetylenes is 1. The molecular formula is C21H37NO3. The Bertz CT molecular complexity index is 419. The number of esters is 1. The normalized spacial score (nSPS) is 12.2. The second kappa shape index (κ2) is 22.2. The lowest BCUT2D eigenvalue weighted by atomic mass is 10.1. The largest absolute Gasteiger partial charge is 0.465 e. The summed E-state index contributed by atoms with van der Waals surface area (Å²) in [7, 11) is 1.64. The van der Waals surface area contributed by atoms with Crippen molar-refractivity contribution >= 4 is 5.97 Å². The molecule has 0 aromatic carbocycles. The summed E-state index contributed by atoms with van der Waals surface area (Å²) in [4.78, 5) is 11.9. The van der Waals surface area contributed by atoms with Crippen LogP contribution in [-0.2, 0) is 14.3 Å². The fourth-order valence-electron chi connectivity index (χ4n) is 1.59. The van der Waals surface area contributed by atoms with Crippen LogP contribution in [0.2, 0.25) is 0 Å². The average molecular weight is 352 g/mol. The van der Waals surface area contributed by atoms with Gasteiger partial charge in [-0.3, -0.25) is 5.32 Å². The van der Waals surface area contributed by atoms with E-state index in [1.54, 1.807) is 21.0 Å². The van der Waals surface area contributed by atoms with E-state index in [1.165, 1.54) is 0 Å². The molecule has 144 valence electrons. The van der Waals surface area contributed by atoms with Crippen molar-refractivity contribution in [1.82, 2.24) is 5.32 Å². The van der Waals surface area contributed by atoms with Crippen LogP contribution in [0, 0.1) is 12.3 Å². The Morgan fingerprint density at radius 3 is 2.20 bits per heavy atom. The van der Waals surface area contributed by atoms with E-state index in [0.29, 0.717) is 13.2 Å². The van der Waals surface area contributed by atoms with Gasteiger partial charge in [0.25, 0.3) is 0 Å². The number of nitrogens with one attached hydrogen (secondary N) is 1. The molecule has 0 heterocycles. The number of rotatable bonds is 10. The van der Waals surface area contributed by atoms with Crippen molar-refractivity contribution in [3.8, 4) is 12.3 Å². The van der Waals surface area contributed by atoms with E-state index in [9.17, 15) is 4.79 Å². The maximum atomic E-state index is 11.9. The van der Waals surface area contributed by atoms with Gasteiger partial charge in [0.1, 0.15) is 6.04 Å². The zero-order valence-electron chi connectivity index (χ0n) is 17.1. The number of methoxy groups -OCH3 is 1. The van der Waals surface area contributed by atoms with Crippen molar-refractivity contribution < 1.29 is 14.3 Å². The first kappa shape index (κ1) is 28.0. The number of ether oxygens (including phenoxy) is 2. The van der Waals surface area contributed by atoms with Gasteiger partial charge in [0, 0.05) is 13.2 Å². The zero-order chi connectivity index (χ0) is 20.1. The highest BCUT2D eigenvalue weighted by atomic mass is 16.5. The topological polar surface area (TPSA) is 47.6 Å². The highest BCUT2D eigenvalue weighted by Gasteiger charge is 2.21. The third-order valence-electron chi connectivity index (χ3n) is 2.56. The predicted octanol–water partition coefficient (Wildman–Crippen LogP) is 4.29. The van der Waals surface area contributed by atoms with Gasteiger partial charge in [-0.1, -0.05) is 57.2 Å². The van der Waals surface area contributed by atoms with E-state index >= 15 is 0 Å². The molecule has 0 rings (SSSR count). The van der Waals surface area contributed by atoms with Crippen LogP contribution >= 0.6 is 0 Å². The minimum absolute atomic E-state index is 0.0591. The zero-order valence-corrected chi connectivity index (χ0v) is 17.1. The van der Waals surface area contributed by atoms with Gasteiger partial charge in [0.15, 0.2) is 0 Å². The second-order valence-corrected chi connectivity index (χ2v) is 4.73. The first-order valence-corrected chi connectivity index (χ1v) is 8.75. The van der Waals surface area contributed by atoms with Gasteiger partial charge < -0.3 is 9.47 Å². The van der Waals surface area contributed by atoms with E-state index in [1.807, 2.05) is 39.0 Å². The van der Waals surface area contributed by atoms with Gasteiger partial charge in [-0.2, -0.15) is 0 Å². The summed E-state index contributed by atoms with van der Waals surface area (Å²) in [5, 5.41) is 3.23. The van der Waals surface area contributed by atoms with Crippen LogP contribution in [0.3, 0.4) is 0 Å². The number of allylic oxidation sites excluding steroid dienone is 1. The standard InChI is InChI=1S/C16H27NO3.C3H4.C2H6/c1-6-8-10-14(11-9-12-19-5)17-15(13(3)4)16(18)20-7-2;1-3-2;1-2/h8-11,14-15,17H,3,6-7,12H2,1-2,4-5H3;1H,2H3;1-2H3/b10-8?,11-9-;;. The highest BCUT2D eigenvalue weighted by Crippen LogP contribution is 2.05. The molecule has 2 atom stereocenters. The third-order valence-corrected chi connectivity index (χ3v) is 2.56. The highest BCUT2D eigenvalue weighted by molar-refractivity contribution is 5.79. The van der Waals surface area contributed by atoms with E-state index in [-0.39, 0.29) is 12.0 Å². The summed E-state index contributed by atoms with van der Waals surface area (Å²) in [5.74, 6) is 1.95. The van der Waals surface area contributed by atoms with E-state index in [4.69, 9.17) is 9.47 Å². The Morgan fingerprint density at radius 1 is 1.28 bits per heavy atom. The molecule has 0 aromatic rings. The monoisotopic (exact) mass is 351 g/mol. The summed E-state index contributed by atoms with van der Waals surface area (Å²) in [6.45, 7) is 16.1. The third kappa shape index (κ3) is 18.4. The minimum atomic E-state index is -0.506. The van der Waals surface area contributed by atoms with Crippen LogP contribution in [0.5, 0.6) is 0 Å². The molecule has 2 unspecified atom stereocenters. The molecule has 0 aliphatic heterocycles. The molecule has 0 aromatic heterocycles. The average Bonchev–Trinajstić information content (AvgIpc) is 2.59. The molecule has 0 radical (unpaired) electrons.